The summed E-state index contributed by atoms with van der Waals surface area (Å²) in [4.78, 5) is 57.4. The first-order valence-corrected chi connectivity index (χ1v) is 10.7. The van der Waals surface area contributed by atoms with Crippen molar-refractivity contribution in [1.29, 1.82) is 0 Å². The number of carboxylic acid groups (broad SMARTS) is 1. The Morgan fingerprint density at radius 3 is 2.64 bits per heavy atom. The fourth-order valence-corrected chi connectivity index (χ4v) is 3.78. The molecular formula is C22H28N6O5. The Balaban J connectivity index is 1.52. The fourth-order valence-electron chi connectivity index (χ4n) is 3.78. The van der Waals surface area contributed by atoms with Gasteiger partial charge in [-0.05, 0) is 18.4 Å². The van der Waals surface area contributed by atoms with E-state index < -0.39 is 41.8 Å². The molecule has 1 aromatic heterocycles. The maximum Gasteiger partial charge on any atom is 0.326 e. The first-order valence-electron chi connectivity index (χ1n) is 10.7. The molecule has 11 nitrogen and oxygen atoms in total. The number of nitrogens with zero attached hydrogens (tertiary/aromatic N) is 2. The minimum atomic E-state index is -1.15. The summed E-state index contributed by atoms with van der Waals surface area (Å²) in [6.45, 7) is 0.0507. The van der Waals surface area contributed by atoms with Crippen LogP contribution in [0.5, 0.6) is 0 Å². The second-order valence-electron chi connectivity index (χ2n) is 7.94. The van der Waals surface area contributed by atoms with E-state index in [0.717, 1.165) is 5.56 Å². The number of carbonyl (C=O) groups is 4. The van der Waals surface area contributed by atoms with Crippen LogP contribution in [0.3, 0.4) is 0 Å². The molecule has 2 heterocycles. The highest BCUT2D eigenvalue weighted by Gasteiger charge is 2.36. The number of nitrogens with two attached hydrogens (primary N) is 1. The third-order valence-corrected chi connectivity index (χ3v) is 5.52. The number of benzene rings is 1. The normalized spacial score (nSPS) is 17.2. The highest BCUT2D eigenvalue weighted by atomic mass is 16.4. The van der Waals surface area contributed by atoms with Crippen molar-refractivity contribution in [3.05, 3.63) is 54.1 Å². The van der Waals surface area contributed by atoms with E-state index in [9.17, 15) is 24.3 Å². The second kappa shape index (κ2) is 11.2. The molecule has 3 unspecified atom stereocenters. The van der Waals surface area contributed by atoms with E-state index in [2.05, 4.69) is 20.6 Å². The Kier molecular flexibility index (Phi) is 8.14. The van der Waals surface area contributed by atoms with E-state index in [0.29, 0.717) is 25.1 Å². The molecule has 3 atom stereocenters. The van der Waals surface area contributed by atoms with Gasteiger partial charge in [-0.2, -0.15) is 0 Å². The number of nitrogens with one attached hydrogen (secondary N) is 3. The summed E-state index contributed by atoms with van der Waals surface area (Å²) in [5.74, 6) is -2.59. The molecule has 0 bridgehead atoms. The molecule has 2 aromatic rings. The lowest BCUT2D eigenvalue weighted by Crippen LogP contribution is -2.53. The molecule has 1 aromatic carbocycles. The number of H-pyrrole nitrogens is 1. The van der Waals surface area contributed by atoms with Crippen LogP contribution >= 0.6 is 0 Å². The Bertz CT molecular complexity index is 965. The maximum absolute atomic E-state index is 12.8. The van der Waals surface area contributed by atoms with Crippen molar-refractivity contribution < 1.29 is 24.3 Å². The van der Waals surface area contributed by atoms with Gasteiger partial charge in [0.05, 0.1) is 18.9 Å². The zero-order valence-electron chi connectivity index (χ0n) is 18.1. The van der Waals surface area contributed by atoms with Gasteiger partial charge in [-0.15, -0.1) is 0 Å². The van der Waals surface area contributed by atoms with Crippen molar-refractivity contribution in [2.45, 2.75) is 43.8 Å². The van der Waals surface area contributed by atoms with Crippen LogP contribution in [0.2, 0.25) is 0 Å². The van der Waals surface area contributed by atoms with Crippen molar-refractivity contribution in [2.75, 3.05) is 13.1 Å². The largest absolute Gasteiger partial charge is 0.480 e. The smallest absolute Gasteiger partial charge is 0.326 e. The van der Waals surface area contributed by atoms with Crippen molar-refractivity contribution in [2.24, 2.45) is 5.73 Å². The highest BCUT2D eigenvalue weighted by Crippen LogP contribution is 2.18. The summed E-state index contributed by atoms with van der Waals surface area (Å²) in [6, 6.07) is 6.22. The molecule has 1 aliphatic heterocycles. The first kappa shape index (κ1) is 23.9. The van der Waals surface area contributed by atoms with Gasteiger partial charge in [0, 0.05) is 31.3 Å². The molecule has 1 fully saturated rings. The predicted molar refractivity (Wildman–Crippen MR) is 118 cm³/mol. The van der Waals surface area contributed by atoms with Crippen LogP contribution < -0.4 is 16.4 Å². The Morgan fingerprint density at radius 2 is 1.97 bits per heavy atom. The molecule has 6 N–H and O–H groups in total. The summed E-state index contributed by atoms with van der Waals surface area (Å²) in [6.07, 6.45) is 4.44. The lowest BCUT2D eigenvalue weighted by molar-refractivity contribution is -0.144. The van der Waals surface area contributed by atoms with Gasteiger partial charge in [0.2, 0.25) is 17.7 Å². The van der Waals surface area contributed by atoms with Crippen LogP contribution in [0.1, 0.15) is 24.1 Å². The van der Waals surface area contributed by atoms with Crippen LogP contribution in [-0.2, 0) is 32.0 Å². The number of hydrogen-bond donors (Lipinski definition) is 5. The van der Waals surface area contributed by atoms with E-state index >= 15 is 0 Å². The van der Waals surface area contributed by atoms with E-state index in [1.807, 2.05) is 6.07 Å². The summed E-state index contributed by atoms with van der Waals surface area (Å²) in [7, 11) is 0. The van der Waals surface area contributed by atoms with E-state index in [4.69, 9.17) is 5.73 Å². The average molecular weight is 457 g/mol. The summed E-state index contributed by atoms with van der Waals surface area (Å²) >= 11 is 0. The molecule has 3 rings (SSSR count). The molecular weight excluding hydrogens is 428 g/mol. The minimum absolute atomic E-state index is 0.132. The Labute approximate surface area is 190 Å². The van der Waals surface area contributed by atoms with Crippen LogP contribution in [0.25, 0.3) is 0 Å². The van der Waals surface area contributed by atoms with Crippen LogP contribution in [0.15, 0.2) is 42.9 Å². The molecule has 0 aliphatic carbocycles. The quantitative estimate of drug-likeness (QED) is 0.311. The van der Waals surface area contributed by atoms with Gasteiger partial charge < -0.3 is 31.4 Å². The zero-order valence-corrected chi connectivity index (χ0v) is 18.1. The number of aromatic nitrogens is 2. The number of aliphatic carboxylic acids is 1. The van der Waals surface area contributed by atoms with Crippen LogP contribution in [0.4, 0.5) is 0 Å². The van der Waals surface area contributed by atoms with Crippen LogP contribution in [0, 0.1) is 0 Å². The fraction of sp³-hybridized carbons (Fsp3) is 0.409. The van der Waals surface area contributed by atoms with Crippen molar-refractivity contribution in [1.82, 2.24) is 25.5 Å². The summed E-state index contributed by atoms with van der Waals surface area (Å²) in [5, 5.41) is 14.6. The number of carboxylic acids is 1. The number of rotatable bonds is 10. The topological polar surface area (TPSA) is 171 Å². The van der Waals surface area contributed by atoms with Gasteiger partial charge in [-0.1, -0.05) is 30.3 Å². The molecule has 3 amide bonds. The van der Waals surface area contributed by atoms with Crippen molar-refractivity contribution in [3.63, 3.8) is 0 Å². The van der Waals surface area contributed by atoms with Gasteiger partial charge in [-0.25, -0.2) is 9.78 Å². The summed E-state index contributed by atoms with van der Waals surface area (Å²) < 4.78 is 0. The van der Waals surface area contributed by atoms with Crippen molar-refractivity contribution in [3.8, 4) is 0 Å². The third-order valence-electron chi connectivity index (χ3n) is 5.52. The number of amides is 3. The molecule has 11 heteroatoms. The molecule has 33 heavy (non-hydrogen) atoms. The minimum Gasteiger partial charge on any atom is -0.480 e. The average Bonchev–Trinajstić information content (AvgIpc) is 3.49. The van der Waals surface area contributed by atoms with Gasteiger partial charge in [0.15, 0.2) is 0 Å². The Morgan fingerprint density at radius 1 is 1.21 bits per heavy atom. The maximum atomic E-state index is 12.8. The molecule has 0 spiro atoms. The SMILES string of the molecule is NC(Cc1cnc[nH]1)C(=O)NCC(=O)N1CCCC1C(=O)NC(Cc1ccccc1)C(=O)O. The number of likely N-dealkylation sites (tertiary alicyclic amines) is 1. The number of carbonyl (C=O) groups excluding carboxylic acids is 3. The second-order valence-corrected chi connectivity index (χ2v) is 7.94. The van der Waals surface area contributed by atoms with E-state index in [-0.39, 0.29) is 19.4 Å². The monoisotopic (exact) mass is 456 g/mol. The number of hydrogen-bond acceptors (Lipinski definition) is 6. The van der Waals surface area contributed by atoms with Gasteiger partial charge in [0.25, 0.3) is 0 Å². The van der Waals surface area contributed by atoms with Gasteiger partial charge >= 0.3 is 5.97 Å². The van der Waals surface area contributed by atoms with Crippen molar-refractivity contribution >= 4 is 23.7 Å². The van der Waals surface area contributed by atoms with Crippen LogP contribution in [-0.4, -0.2) is 74.9 Å². The van der Waals surface area contributed by atoms with Gasteiger partial charge in [0.1, 0.15) is 12.1 Å². The number of aromatic amines is 1. The molecule has 0 radical (unpaired) electrons. The molecule has 176 valence electrons. The predicted octanol–water partition coefficient (Wildman–Crippen LogP) is -0.801. The third kappa shape index (κ3) is 6.62. The zero-order chi connectivity index (χ0) is 23.8. The molecule has 1 saturated heterocycles. The van der Waals surface area contributed by atoms with E-state index in [1.165, 1.54) is 11.2 Å². The highest BCUT2D eigenvalue weighted by molar-refractivity contribution is 5.93. The molecule has 0 saturated carbocycles. The summed E-state index contributed by atoms with van der Waals surface area (Å²) in [5.41, 5.74) is 7.34. The standard InChI is InChI=1S/C22H28N6O5/c23-16(10-15-11-24-13-26-15)20(30)25-12-19(29)28-8-4-7-18(28)21(31)27-17(22(32)33)9-14-5-2-1-3-6-14/h1-3,5-6,11,13,16-18H,4,7-10,12,23H2,(H,24,26)(H,25,30)(H,27,31)(H,32,33). The first-order chi connectivity index (χ1) is 15.8. The lowest BCUT2D eigenvalue weighted by Gasteiger charge is -2.26. The van der Waals surface area contributed by atoms with Gasteiger partial charge in [-0.3, -0.25) is 14.4 Å². The Hall–Kier alpha value is -3.73. The number of imidazole rings is 1. The van der Waals surface area contributed by atoms with E-state index in [1.54, 1.807) is 30.5 Å². The molecule has 1 aliphatic rings. The lowest BCUT2D eigenvalue weighted by atomic mass is 10.1.